The van der Waals surface area contributed by atoms with Crippen LogP contribution in [0.1, 0.15) is 33.6 Å². The Morgan fingerprint density at radius 3 is 2.56 bits per heavy atom. The Bertz CT molecular complexity index is 909. The number of hydrogen-bond acceptors (Lipinski definition) is 4. The minimum absolute atomic E-state index is 0.243. The molecule has 1 heterocycles. The highest BCUT2D eigenvalue weighted by Crippen LogP contribution is 2.15. The van der Waals surface area contributed by atoms with Crippen molar-refractivity contribution in [2.75, 3.05) is 17.2 Å². The van der Waals surface area contributed by atoms with Gasteiger partial charge in [-0.15, -0.1) is 0 Å². The Morgan fingerprint density at radius 2 is 1.78 bits per heavy atom. The van der Waals surface area contributed by atoms with E-state index < -0.39 is 0 Å². The van der Waals surface area contributed by atoms with Crippen LogP contribution in [-0.2, 0) is 6.42 Å². The van der Waals surface area contributed by atoms with E-state index in [4.69, 9.17) is 0 Å². The lowest BCUT2D eigenvalue weighted by molar-refractivity contribution is 0.102. The summed E-state index contributed by atoms with van der Waals surface area (Å²) in [6.45, 7) is 4.85. The zero-order valence-electron chi connectivity index (χ0n) is 15.7. The van der Waals surface area contributed by atoms with E-state index >= 15 is 0 Å². The number of rotatable bonds is 7. The molecule has 2 aromatic carbocycles. The number of carbonyl (C=O) groups excluding carboxylic acids is 1. The number of hydrogen-bond donors (Lipinski definition) is 2. The van der Waals surface area contributed by atoms with Crippen molar-refractivity contribution in [3.8, 4) is 0 Å². The molecular weight excluding hydrogens is 336 g/mol. The summed E-state index contributed by atoms with van der Waals surface area (Å²) in [7, 11) is 0. The normalized spacial score (nSPS) is 10.4. The van der Waals surface area contributed by atoms with Crippen LogP contribution in [0.5, 0.6) is 0 Å². The van der Waals surface area contributed by atoms with Crippen LogP contribution in [0.3, 0.4) is 0 Å². The van der Waals surface area contributed by atoms with Gasteiger partial charge in [0.1, 0.15) is 17.8 Å². The molecule has 1 amide bonds. The number of benzene rings is 2. The minimum Gasteiger partial charge on any atom is -0.370 e. The van der Waals surface area contributed by atoms with Gasteiger partial charge in [-0.25, -0.2) is 9.97 Å². The third kappa shape index (κ3) is 5.38. The van der Waals surface area contributed by atoms with Crippen LogP contribution in [0.15, 0.2) is 60.9 Å². The van der Waals surface area contributed by atoms with E-state index in [1.807, 2.05) is 50.2 Å². The van der Waals surface area contributed by atoms with E-state index in [0.717, 1.165) is 30.6 Å². The molecule has 138 valence electrons. The minimum atomic E-state index is -0.243. The number of aryl methyl sites for hydroxylation is 3. The predicted octanol–water partition coefficient (Wildman–Crippen LogP) is 4.39. The molecule has 1 aromatic heterocycles. The highest BCUT2D eigenvalue weighted by Gasteiger charge is 2.09. The molecule has 0 saturated carbocycles. The first-order chi connectivity index (χ1) is 13.1. The summed E-state index contributed by atoms with van der Waals surface area (Å²) in [5, 5.41) is 6.14. The molecule has 3 aromatic rings. The first-order valence-electron chi connectivity index (χ1n) is 9.10. The van der Waals surface area contributed by atoms with Crippen molar-refractivity contribution in [3.05, 3.63) is 83.3 Å². The first-order valence-corrected chi connectivity index (χ1v) is 9.10. The molecule has 27 heavy (non-hydrogen) atoms. The number of nitrogens with one attached hydrogen (secondary N) is 2. The smallest absolute Gasteiger partial charge is 0.274 e. The average Bonchev–Trinajstić information content (AvgIpc) is 2.69. The van der Waals surface area contributed by atoms with Crippen molar-refractivity contribution in [1.82, 2.24) is 9.97 Å². The molecule has 2 N–H and O–H groups in total. The van der Waals surface area contributed by atoms with Crippen molar-refractivity contribution < 1.29 is 4.79 Å². The molecule has 0 aliphatic heterocycles. The number of amides is 1. The standard InChI is InChI=1S/C22H24N4O/c1-16-10-11-19(13-17(16)2)26-22(27)20-14-21(25-15-24-20)23-12-6-9-18-7-4-3-5-8-18/h3-5,7-8,10-11,13-15H,6,9,12H2,1-2H3,(H,26,27)(H,23,24,25). The van der Waals surface area contributed by atoms with Crippen LogP contribution in [-0.4, -0.2) is 22.4 Å². The zero-order valence-corrected chi connectivity index (χ0v) is 15.7. The summed E-state index contributed by atoms with van der Waals surface area (Å²) in [6.07, 6.45) is 3.39. The fourth-order valence-electron chi connectivity index (χ4n) is 2.75. The molecule has 0 spiro atoms. The third-order valence-electron chi connectivity index (χ3n) is 4.46. The topological polar surface area (TPSA) is 66.9 Å². The maximum atomic E-state index is 12.4. The fraction of sp³-hybridized carbons (Fsp3) is 0.227. The van der Waals surface area contributed by atoms with Crippen molar-refractivity contribution in [2.24, 2.45) is 0 Å². The molecule has 0 bridgehead atoms. The molecule has 3 rings (SSSR count). The van der Waals surface area contributed by atoms with Crippen LogP contribution in [0.4, 0.5) is 11.5 Å². The van der Waals surface area contributed by atoms with E-state index in [9.17, 15) is 4.79 Å². The van der Waals surface area contributed by atoms with Gasteiger partial charge in [-0.2, -0.15) is 0 Å². The Morgan fingerprint density at radius 1 is 0.963 bits per heavy atom. The molecule has 0 radical (unpaired) electrons. The highest BCUT2D eigenvalue weighted by atomic mass is 16.1. The number of aromatic nitrogens is 2. The van der Waals surface area contributed by atoms with E-state index in [-0.39, 0.29) is 5.91 Å². The second-order valence-electron chi connectivity index (χ2n) is 6.56. The van der Waals surface area contributed by atoms with Crippen molar-refractivity contribution in [1.29, 1.82) is 0 Å². The molecule has 0 unspecified atom stereocenters. The van der Waals surface area contributed by atoms with Gasteiger partial charge in [-0.05, 0) is 55.5 Å². The van der Waals surface area contributed by atoms with Crippen LogP contribution in [0, 0.1) is 13.8 Å². The molecule has 5 heteroatoms. The number of nitrogens with zero attached hydrogens (tertiary/aromatic N) is 2. The summed E-state index contributed by atoms with van der Waals surface area (Å²) in [5.74, 6) is 0.413. The summed E-state index contributed by atoms with van der Waals surface area (Å²) >= 11 is 0. The van der Waals surface area contributed by atoms with Gasteiger partial charge in [0.2, 0.25) is 0 Å². The Labute approximate surface area is 159 Å². The molecule has 0 atom stereocenters. The maximum absolute atomic E-state index is 12.4. The number of anilines is 2. The molecular formula is C22H24N4O. The molecule has 0 aliphatic carbocycles. The molecule has 0 aliphatic rings. The lowest BCUT2D eigenvalue weighted by Gasteiger charge is -2.09. The van der Waals surface area contributed by atoms with Crippen molar-refractivity contribution >= 4 is 17.4 Å². The largest absolute Gasteiger partial charge is 0.370 e. The van der Waals surface area contributed by atoms with Gasteiger partial charge in [0.05, 0.1) is 0 Å². The van der Waals surface area contributed by atoms with Gasteiger partial charge in [0, 0.05) is 18.3 Å². The SMILES string of the molecule is Cc1ccc(NC(=O)c2cc(NCCCc3ccccc3)ncn2)cc1C. The highest BCUT2D eigenvalue weighted by molar-refractivity contribution is 6.03. The fourth-order valence-corrected chi connectivity index (χ4v) is 2.75. The summed E-state index contributed by atoms with van der Waals surface area (Å²) in [4.78, 5) is 20.7. The van der Waals surface area contributed by atoms with Gasteiger partial charge in [-0.3, -0.25) is 4.79 Å². The van der Waals surface area contributed by atoms with Gasteiger partial charge >= 0.3 is 0 Å². The van der Waals surface area contributed by atoms with Crippen LogP contribution in [0.25, 0.3) is 0 Å². The maximum Gasteiger partial charge on any atom is 0.274 e. The van der Waals surface area contributed by atoms with E-state index in [0.29, 0.717) is 11.5 Å². The average molecular weight is 360 g/mol. The van der Waals surface area contributed by atoms with Gasteiger partial charge in [0.25, 0.3) is 5.91 Å². The van der Waals surface area contributed by atoms with Crippen LogP contribution < -0.4 is 10.6 Å². The Kier molecular flexibility index (Phi) is 6.15. The van der Waals surface area contributed by atoms with Crippen LogP contribution in [0.2, 0.25) is 0 Å². The zero-order chi connectivity index (χ0) is 19.1. The summed E-state index contributed by atoms with van der Waals surface area (Å²) in [6, 6.07) is 17.9. The van der Waals surface area contributed by atoms with E-state index in [1.165, 1.54) is 17.5 Å². The van der Waals surface area contributed by atoms with Crippen molar-refractivity contribution in [3.63, 3.8) is 0 Å². The Balaban J connectivity index is 1.54. The van der Waals surface area contributed by atoms with E-state index in [1.54, 1.807) is 6.07 Å². The van der Waals surface area contributed by atoms with Gasteiger partial charge < -0.3 is 10.6 Å². The predicted molar refractivity (Wildman–Crippen MR) is 109 cm³/mol. The molecule has 0 saturated heterocycles. The monoisotopic (exact) mass is 360 g/mol. The van der Waals surface area contributed by atoms with Gasteiger partial charge in [-0.1, -0.05) is 36.4 Å². The lowest BCUT2D eigenvalue weighted by Crippen LogP contribution is -2.15. The van der Waals surface area contributed by atoms with Gasteiger partial charge in [0.15, 0.2) is 0 Å². The number of carbonyl (C=O) groups is 1. The Hall–Kier alpha value is -3.21. The summed E-state index contributed by atoms with van der Waals surface area (Å²) < 4.78 is 0. The molecule has 5 nitrogen and oxygen atoms in total. The first kappa shape index (κ1) is 18.6. The summed E-state index contributed by atoms with van der Waals surface area (Å²) in [5.41, 5.74) is 4.75. The molecule has 0 fully saturated rings. The second kappa shape index (κ2) is 8.94. The third-order valence-corrected chi connectivity index (χ3v) is 4.46. The lowest BCUT2D eigenvalue weighted by atomic mass is 10.1. The van der Waals surface area contributed by atoms with Crippen LogP contribution >= 0.6 is 0 Å². The van der Waals surface area contributed by atoms with Crippen molar-refractivity contribution in [2.45, 2.75) is 26.7 Å². The quantitative estimate of drug-likeness (QED) is 0.613. The van der Waals surface area contributed by atoms with E-state index in [2.05, 4.69) is 32.7 Å². The second-order valence-corrected chi connectivity index (χ2v) is 6.56.